The Kier molecular flexibility index (Phi) is 4.31. The molecule has 0 bridgehead atoms. The maximum Gasteiger partial charge on any atom is 0.255 e. The first-order valence-electron chi connectivity index (χ1n) is 6.97. The van der Waals surface area contributed by atoms with Crippen LogP contribution >= 0.6 is 35.4 Å². The first-order valence-corrected chi connectivity index (χ1v) is 8.13. The van der Waals surface area contributed by atoms with E-state index in [4.69, 9.17) is 35.4 Å². The summed E-state index contributed by atoms with van der Waals surface area (Å²) in [6, 6.07) is 4.67. The van der Waals surface area contributed by atoms with Crippen molar-refractivity contribution in [1.82, 2.24) is 14.9 Å². The molecule has 1 atom stereocenters. The summed E-state index contributed by atoms with van der Waals surface area (Å²) >= 11 is 16.9. The summed E-state index contributed by atoms with van der Waals surface area (Å²) in [6.07, 6.45) is 0.462. The number of nitrogens with one attached hydrogen (secondary N) is 2. The molecular weight excluding hydrogens is 357 g/mol. The molecule has 1 aliphatic rings. The minimum absolute atomic E-state index is 0.116. The van der Waals surface area contributed by atoms with Gasteiger partial charge in [-0.2, -0.15) is 0 Å². The van der Waals surface area contributed by atoms with Crippen LogP contribution < -0.4 is 5.56 Å². The molecule has 0 saturated heterocycles. The minimum Gasteiger partial charge on any atom is -0.334 e. The molecule has 2 N–H and O–H groups in total. The molecule has 2 heterocycles. The zero-order valence-electron chi connectivity index (χ0n) is 12.2. The van der Waals surface area contributed by atoms with Crippen molar-refractivity contribution in [2.24, 2.45) is 0 Å². The lowest BCUT2D eigenvalue weighted by atomic mass is 9.99. The lowest BCUT2D eigenvalue weighted by molar-refractivity contribution is 0.0653. The van der Waals surface area contributed by atoms with E-state index in [1.165, 1.54) is 0 Å². The van der Waals surface area contributed by atoms with Crippen molar-refractivity contribution in [2.45, 2.75) is 25.9 Å². The predicted molar refractivity (Wildman–Crippen MR) is 91.7 cm³/mol. The van der Waals surface area contributed by atoms with Gasteiger partial charge in [0.05, 0.1) is 16.6 Å². The fraction of sp³-hybridized carbons (Fsp3) is 0.267. The van der Waals surface area contributed by atoms with E-state index in [0.29, 0.717) is 39.8 Å². The van der Waals surface area contributed by atoms with Crippen LogP contribution in [0.4, 0.5) is 0 Å². The van der Waals surface area contributed by atoms with E-state index in [1.54, 1.807) is 23.1 Å². The molecule has 120 valence electrons. The molecule has 0 aliphatic carbocycles. The molecule has 1 amide bonds. The Morgan fingerprint density at radius 3 is 2.74 bits per heavy atom. The number of aromatic amines is 2. The molecule has 23 heavy (non-hydrogen) atoms. The number of halogens is 2. The Morgan fingerprint density at radius 1 is 1.30 bits per heavy atom. The third-order valence-electron chi connectivity index (χ3n) is 3.92. The van der Waals surface area contributed by atoms with Gasteiger partial charge in [0, 0.05) is 22.9 Å². The van der Waals surface area contributed by atoms with Gasteiger partial charge in [0.25, 0.3) is 11.5 Å². The third kappa shape index (κ3) is 3.06. The fourth-order valence-corrected chi connectivity index (χ4v) is 3.22. The molecule has 0 unspecified atom stereocenters. The number of amides is 1. The van der Waals surface area contributed by atoms with E-state index in [-0.39, 0.29) is 22.3 Å². The fourth-order valence-electron chi connectivity index (χ4n) is 2.71. The lowest BCUT2D eigenvalue weighted by Crippen LogP contribution is -2.45. The summed E-state index contributed by atoms with van der Waals surface area (Å²) in [6.45, 7) is 2.20. The molecule has 1 aliphatic heterocycles. The van der Waals surface area contributed by atoms with Gasteiger partial charge in [0.1, 0.15) is 0 Å². The summed E-state index contributed by atoms with van der Waals surface area (Å²) in [4.78, 5) is 32.0. The van der Waals surface area contributed by atoms with Gasteiger partial charge >= 0.3 is 0 Å². The number of carbonyl (C=O) groups is 1. The van der Waals surface area contributed by atoms with Crippen LogP contribution in [0, 0.1) is 4.77 Å². The second kappa shape index (κ2) is 6.11. The normalized spacial score (nSPS) is 17.0. The van der Waals surface area contributed by atoms with Crippen molar-refractivity contribution >= 4 is 41.3 Å². The maximum atomic E-state index is 12.8. The quantitative estimate of drug-likeness (QED) is 0.757. The Balaban J connectivity index is 1.97. The van der Waals surface area contributed by atoms with Crippen LogP contribution in [0.25, 0.3) is 0 Å². The highest BCUT2D eigenvalue weighted by atomic mass is 35.5. The molecule has 3 rings (SSSR count). The average Bonchev–Trinajstić information content (AvgIpc) is 2.49. The molecule has 2 aromatic rings. The van der Waals surface area contributed by atoms with Crippen molar-refractivity contribution in [1.29, 1.82) is 0 Å². The number of H-pyrrole nitrogens is 2. The van der Waals surface area contributed by atoms with Gasteiger partial charge in [0.2, 0.25) is 0 Å². The van der Waals surface area contributed by atoms with Crippen LogP contribution in [-0.2, 0) is 13.0 Å². The summed E-state index contributed by atoms with van der Waals surface area (Å²) in [7, 11) is 0. The topological polar surface area (TPSA) is 69.0 Å². The van der Waals surface area contributed by atoms with Crippen molar-refractivity contribution in [3.05, 3.63) is 60.2 Å². The van der Waals surface area contributed by atoms with Crippen molar-refractivity contribution in [2.75, 3.05) is 0 Å². The van der Waals surface area contributed by atoms with E-state index in [2.05, 4.69) is 9.97 Å². The van der Waals surface area contributed by atoms with Gasteiger partial charge in [-0.25, -0.2) is 0 Å². The number of hydrogen-bond acceptors (Lipinski definition) is 3. The highest BCUT2D eigenvalue weighted by Crippen LogP contribution is 2.26. The first kappa shape index (κ1) is 16.2. The Hall–Kier alpha value is -1.63. The van der Waals surface area contributed by atoms with Crippen LogP contribution in [0.15, 0.2) is 23.0 Å². The molecule has 0 fully saturated rings. The smallest absolute Gasteiger partial charge is 0.255 e. The number of fused-ring (bicyclic) bond motifs is 1. The third-order valence-corrected chi connectivity index (χ3v) is 4.86. The van der Waals surface area contributed by atoms with Gasteiger partial charge in [0.15, 0.2) is 4.77 Å². The number of rotatable bonds is 1. The molecule has 1 aromatic carbocycles. The number of aromatic nitrogens is 2. The molecule has 0 saturated carbocycles. The summed E-state index contributed by atoms with van der Waals surface area (Å²) in [5.41, 5.74) is 1.57. The first-order chi connectivity index (χ1) is 10.9. The molecule has 1 aromatic heterocycles. The van der Waals surface area contributed by atoms with Crippen LogP contribution in [0.2, 0.25) is 10.0 Å². The van der Waals surface area contributed by atoms with Crippen molar-refractivity contribution in [3.8, 4) is 0 Å². The molecule has 8 heteroatoms. The SMILES string of the molecule is C[C@@H]1Cc2c([nH]c(=S)[nH]c2=O)CN1C(=O)c1ccc(Cl)c(Cl)c1. The van der Waals surface area contributed by atoms with E-state index in [9.17, 15) is 9.59 Å². The lowest BCUT2D eigenvalue weighted by Gasteiger charge is -2.34. The Morgan fingerprint density at radius 2 is 2.04 bits per heavy atom. The zero-order chi connectivity index (χ0) is 16.7. The molecule has 0 radical (unpaired) electrons. The summed E-state index contributed by atoms with van der Waals surface area (Å²) in [5.74, 6) is -0.165. The number of benzene rings is 1. The second-order valence-electron chi connectivity index (χ2n) is 5.48. The highest BCUT2D eigenvalue weighted by molar-refractivity contribution is 7.71. The van der Waals surface area contributed by atoms with E-state index in [1.807, 2.05) is 6.92 Å². The predicted octanol–water partition coefficient (Wildman–Crippen LogP) is 3.33. The van der Waals surface area contributed by atoms with Gasteiger partial charge in [-0.05, 0) is 43.8 Å². The number of hydrogen-bond donors (Lipinski definition) is 2. The van der Waals surface area contributed by atoms with E-state index >= 15 is 0 Å². The van der Waals surface area contributed by atoms with Gasteiger partial charge < -0.3 is 9.88 Å². The van der Waals surface area contributed by atoms with Crippen molar-refractivity contribution in [3.63, 3.8) is 0 Å². The molecule has 0 spiro atoms. The van der Waals surface area contributed by atoms with Crippen LogP contribution in [0.1, 0.15) is 28.5 Å². The van der Waals surface area contributed by atoms with Crippen molar-refractivity contribution < 1.29 is 4.79 Å². The van der Waals surface area contributed by atoms with Gasteiger partial charge in [-0.15, -0.1) is 0 Å². The maximum absolute atomic E-state index is 12.8. The molecular formula is C15H13Cl2N3O2S. The summed E-state index contributed by atoms with van der Waals surface area (Å²) < 4.78 is 0.255. The van der Waals surface area contributed by atoms with Crippen LogP contribution in [0.5, 0.6) is 0 Å². The Labute approximate surface area is 147 Å². The van der Waals surface area contributed by atoms with Gasteiger partial charge in [-0.1, -0.05) is 23.2 Å². The average molecular weight is 370 g/mol. The van der Waals surface area contributed by atoms with E-state index < -0.39 is 0 Å². The zero-order valence-corrected chi connectivity index (χ0v) is 14.5. The second-order valence-corrected chi connectivity index (χ2v) is 6.70. The van der Waals surface area contributed by atoms with Crippen LogP contribution in [0.3, 0.4) is 0 Å². The summed E-state index contributed by atoms with van der Waals surface area (Å²) in [5, 5.41) is 0.731. The standard InChI is InChI=1S/C15H13Cl2N3O2S/c1-7-4-9-12(18-15(23)19-13(9)21)6-20(7)14(22)8-2-3-10(16)11(17)5-8/h2-3,5,7H,4,6H2,1H3,(H2,18,19,21,23)/t7-/m1/s1. The monoisotopic (exact) mass is 369 g/mol. The molecule has 5 nitrogen and oxygen atoms in total. The Bertz CT molecular complexity index is 906. The number of nitrogens with zero attached hydrogens (tertiary/aromatic N) is 1. The van der Waals surface area contributed by atoms with E-state index in [0.717, 1.165) is 0 Å². The highest BCUT2D eigenvalue weighted by Gasteiger charge is 2.29. The minimum atomic E-state index is -0.197. The number of carbonyl (C=O) groups excluding carboxylic acids is 1. The largest absolute Gasteiger partial charge is 0.334 e. The van der Waals surface area contributed by atoms with Crippen LogP contribution in [-0.4, -0.2) is 26.8 Å². The van der Waals surface area contributed by atoms with Gasteiger partial charge in [-0.3, -0.25) is 14.6 Å².